The molecule has 0 aromatic carbocycles. The van der Waals surface area contributed by atoms with Crippen LogP contribution < -0.4 is 5.32 Å². The van der Waals surface area contributed by atoms with E-state index >= 15 is 0 Å². The summed E-state index contributed by atoms with van der Waals surface area (Å²) in [5, 5.41) is 3.08. The van der Waals surface area contributed by atoms with Crippen LogP contribution in [-0.4, -0.2) is 23.6 Å². The summed E-state index contributed by atoms with van der Waals surface area (Å²) in [4.78, 5) is 9.05. The van der Waals surface area contributed by atoms with Gasteiger partial charge in [-0.25, -0.2) is 9.97 Å². The number of nitrogens with one attached hydrogen (secondary N) is 1. The van der Waals surface area contributed by atoms with Crippen LogP contribution in [0, 0.1) is 5.92 Å². The van der Waals surface area contributed by atoms with Crippen molar-refractivity contribution < 1.29 is 4.74 Å². The second kappa shape index (κ2) is 7.20. The summed E-state index contributed by atoms with van der Waals surface area (Å²) < 4.78 is 6.83. The number of ether oxygens (including phenoxy) is 1. The molecule has 1 aromatic heterocycles. The van der Waals surface area contributed by atoms with Gasteiger partial charge in [0.1, 0.15) is 11.9 Å². The van der Waals surface area contributed by atoms with Crippen molar-refractivity contribution in [3.05, 3.63) is 16.5 Å². The highest BCUT2D eigenvalue weighted by molar-refractivity contribution is 9.10. The summed E-state index contributed by atoms with van der Waals surface area (Å²) in [6.07, 6.45) is 8.22. The first-order valence-electron chi connectivity index (χ1n) is 7.08. The van der Waals surface area contributed by atoms with Gasteiger partial charge in [-0.15, -0.1) is 0 Å². The first-order valence-corrected chi connectivity index (χ1v) is 7.87. The average molecular weight is 328 g/mol. The Balaban J connectivity index is 2.22. The smallest absolute Gasteiger partial charge is 0.159 e. The lowest BCUT2D eigenvalue weighted by Crippen LogP contribution is -2.21. The number of nitrogens with zero attached hydrogens (tertiary/aromatic N) is 2. The molecule has 1 aromatic rings. The maximum absolute atomic E-state index is 5.94. The summed E-state index contributed by atoms with van der Waals surface area (Å²) in [5.74, 6) is 2.19. The molecule has 1 aliphatic rings. The maximum Gasteiger partial charge on any atom is 0.159 e. The molecule has 0 spiro atoms. The highest BCUT2D eigenvalue weighted by atomic mass is 79.9. The Morgan fingerprint density at radius 1 is 1.42 bits per heavy atom. The average Bonchev–Trinajstić information content (AvgIpc) is 2.46. The zero-order chi connectivity index (χ0) is 13.7. The molecule has 106 valence electrons. The van der Waals surface area contributed by atoms with Crippen molar-refractivity contribution in [1.82, 2.24) is 9.97 Å². The van der Waals surface area contributed by atoms with E-state index in [9.17, 15) is 0 Å². The van der Waals surface area contributed by atoms with E-state index < -0.39 is 0 Å². The molecule has 0 amide bonds. The Kier molecular flexibility index (Phi) is 5.58. The fourth-order valence-corrected chi connectivity index (χ4v) is 3.12. The lowest BCUT2D eigenvalue weighted by molar-refractivity contribution is -0.000122. The minimum Gasteiger partial charge on any atom is -0.372 e. The van der Waals surface area contributed by atoms with Crippen molar-refractivity contribution in [2.24, 2.45) is 5.92 Å². The standard InChI is InChI=1S/C14H22BrN3O/c1-3-19-12(10-7-5-4-6-8-10)14-17-9-11(15)13(16-2)18-14/h9-10,12H,3-8H2,1-2H3,(H,16,17,18). The molecule has 1 atom stereocenters. The second-order valence-electron chi connectivity index (χ2n) is 4.95. The van der Waals surface area contributed by atoms with Crippen LogP contribution in [0.4, 0.5) is 5.82 Å². The van der Waals surface area contributed by atoms with Gasteiger partial charge in [0, 0.05) is 19.9 Å². The number of hydrogen-bond donors (Lipinski definition) is 1. The van der Waals surface area contributed by atoms with Crippen LogP contribution in [0.3, 0.4) is 0 Å². The first-order chi connectivity index (χ1) is 9.26. The SMILES string of the molecule is CCOC(c1ncc(Br)c(NC)n1)C1CCCCC1. The van der Waals surface area contributed by atoms with E-state index in [1.54, 1.807) is 0 Å². The lowest BCUT2D eigenvalue weighted by Gasteiger charge is -2.29. The molecule has 4 nitrogen and oxygen atoms in total. The number of hydrogen-bond acceptors (Lipinski definition) is 4. The zero-order valence-corrected chi connectivity index (χ0v) is 13.2. The highest BCUT2D eigenvalue weighted by Gasteiger charge is 2.28. The van der Waals surface area contributed by atoms with Gasteiger partial charge in [0.05, 0.1) is 4.47 Å². The van der Waals surface area contributed by atoms with E-state index in [-0.39, 0.29) is 6.10 Å². The van der Waals surface area contributed by atoms with Crippen LogP contribution in [0.2, 0.25) is 0 Å². The Labute approximate surface area is 123 Å². The third-order valence-electron chi connectivity index (χ3n) is 3.68. The molecule has 1 saturated carbocycles. The van der Waals surface area contributed by atoms with Gasteiger partial charge >= 0.3 is 0 Å². The molecule has 1 heterocycles. The van der Waals surface area contributed by atoms with Crippen LogP contribution in [-0.2, 0) is 4.74 Å². The molecule has 1 N–H and O–H groups in total. The van der Waals surface area contributed by atoms with Crippen LogP contribution in [0.5, 0.6) is 0 Å². The number of halogens is 1. The topological polar surface area (TPSA) is 47.0 Å². The Hall–Kier alpha value is -0.680. The monoisotopic (exact) mass is 327 g/mol. The van der Waals surface area contributed by atoms with Gasteiger partial charge in [0.2, 0.25) is 0 Å². The van der Waals surface area contributed by atoms with Crippen molar-refractivity contribution in [1.29, 1.82) is 0 Å². The van der Waals surface area contributed by atoms with Crippen LogP contribution in [0.15, 0.2) is 10.7 Å². The first kappa shape index (κ1) is 14.7. The molecule has 19 heavy (non-hydrogen) atoms. The molecule has 0 aliphatic heterocycles. The normalized spacial score (nSPS) is 18.3. The molecule has 0 saturated heterocycles. The predicted molar refractivity (Wildman–Crippen MR) is 80.2 cm³/mol. The van der Waals surface area contributed by atoms with Gasteiger partial charge in [0.15, 0.2) is 5.82 Å². The number of aromatic nitrogens is 2. The number of rotatable bonds is 5. The van der Waals surface area contributed by atoms with E-state index in [1.165, 1.54) is 32.1 Å². The molecule has 1 unspecified atom stereocenters. The van der Waals surface area contributed by atoms with E-state index in [0.29, 0.717) is 12.5 Å². The van der Waals surface area contributed by atoms with E-state index in [1.807, 2.05) is 20.2 Å². The Morgan fingerprint density at radius 3 is 2.79 bits per heavy atom. The summed E-state index contributed by atoms with van der Waals surface area (Å²) in [6, 6.07) is 0. The molecule has 0 radical (unpaired) electrons. The molecule has 5 heteroatoms. The van der Waals surface area contributed by atoms with E-state index in [2.05, 4.69) is 31.2 Å². The van der Waals surface area contributed by atoms with Crippen molar-refractivity contribution >= 4 is 21.7 Å². The number of anilines is 1. The molecular formula is C14H22BrN3O. The van der Waals surface area contributed by atoms with Crippen LogP contribution in [0.1, 0.15) is 51.0 Å². The minimum absolute atomic E-state index is 0.0329. The van der Waals surface area contributed by atoms with Gasteiger partial charge in [-0.3, -0.25) is 0 Å². The third-order valence-corrected chi connectivity index (χ3v) is 4.26. The second-order valence-corrected chi connectivity index (χ2v) is 5.80. The Morgan fingerprint density at radius 2 is 2.16 bits per heavy atom. The van der Waals surface area contributed by atoms with Gasteiger partial charge < -0.3 is 10.1 Å². The van der Waals surface area contributed by atoms with E-state index in [0.717, 1.165) is 16.1 Å². The van der Waals surface area contributed by atoms with Gasteiger partial charge in [0.25, 0.3) is 0 Å². The summed E-state index contributed by atoms with van der Waals surface area (Å²) >= 11 is 3.45. The van der Waals surface area contributed by atoms with Gasteiger partial charge in [-0.2, -0.15) is 0 Å². The summed E-state index contributed by atoms with van der Waals surface area (Å²) in [7, 11) is 1.87. The fourth-order valence-electron chi connectivity index (χ4n) is 2.73. The zero-order valence-electron chi connectivity index (χ0n) is 11.7. The summed E-state index contributed by atoms with van der Waals surface area (Å²) in [5.41, 5.74) is 0. The summed E-state index contributed by atoms with van der Waals surface area (Å²) in [6.45, 7) is 2.74. The van der Waals surface area contributed by atoms with Crippen LogP contribution >= 0.6 is 15.9 Å². The Bertz CT molecular complexity index is 408. The van der Waals surface area contributed by atoms with E-state index in [4.69, 9.17) is 4.74 Å². The molecule has 0 bridgehead atoms. The maximum atomic E-state index is 5.94. The predicted octanol–water partition coefficient (Wildman–Crippen LogP) is 3.94. The quantitative estimate of drug-likeness (QED) is 0.889. The van der Waals surface area contributed by atoms with Crippen molar-refractivity contribution in [2.45, 2.75) is 45.1 Å². The minimum atomic E-state index is 0.0329. The van der Waals surface area contributed by atoms with Gasteiger partial charge in [-0.1, -0.05) is 19.3 Å². The molecule has 1 fully saturated rings. The van der Waals surface area contributed by atoms with Crippen molar-refractivity contribution in [3.63, 3.8) is 0 Å². The van der Waals surface area contributed by atoms with Crippen molar-refractivity contribution in [3.8, 4) is 0 Å². The lowest BCUT2D eigenvalue weighted by atomic mass is 9.85. The fraction of sp³-hybridized carbons (Fsp3) is 0.714. The van der Waals surface area contributed by atoms with Gasteiger partial charge in [-0.05, 0) is 41.6 Å². The molecule has 2 rings (SSSR count). The van der Waals surface area contributed by atoms with Crippen molar-refractivity contribution in [2.75, 3.05) is 19.0 Å². The molecule has 1 aliphatic carbocycles. The highest BCUT2D eigenvalue weighted by Crippen LogP contribution is 2.36. The molecular weight excluding hydrogens is 306 g/mol. The largest absolute Gasteiger partial charge is 0.372 e. The van der Waals surface area contributed by atoms with Crippen LogP contribution in [0.25, 0.3) is 0 Å². The third kappa shape index (κ3) is 3.66.